The minimum Gasteiger partial charge on any atom is -0.367 e. The van der Waals surface area contributed by atoms with Gasteiger partial charge in [-0.1, -0.05) is 26.0 Å². The Morgan fingerprint density at radius 3 is 2.62 bits per heavy atom. The zero-order valence-corrected chi connectivity index (χ0v) is 14.8. The molecule has 0 spiro atoms. The lowest BCUT2D eigenvalue weighted by atomic mass is 9.68. The van der Waals surface area contributed by atoms with Crippen molar-refractivity contribution in [3.05, 3.63) is 36.7 Å². The van der Waals surface area contributed by atoms with Crippen LogP contribution in [0.25, 0.3) is 0 Å². The highest BCUT2D eigenvalue weighted by Gasteiger charge is 2.61. The molecule has 1 aromatic rings. The quantitative estimate of drug-likeness (QED) is 0.784. The molecule has 24 heavy (non-hydrogen) atoms. The van der Waals surface area contributed by atoms with Gasteiger partial charge in [-0.25, -0.2) is 0 Å². The van der Waals surface area contributed by atoms with Gasteiger partial charge in [-0.15, -0.1) is 0 Å². The largest absolute Gasteiger partial charge is 0.367 e. The number of pyridine rings is 1. The summed E-state index contributed by atoms with van der Waals surface area (Å²) in [4.78, 5) is 22.0. The Morgan fingerprint density at radius 1 is 1.29 bits per heavy atom. The Hall–Kier alpha value is -1.84. The van der Waals surface area contributed by atoms with Gasteiger partial charge in [0.05, 0.1) is 17.3 Å². The highest BCUT2D eigenvalue weighted by molar-refractivity contribution is 5.88. The second-order valence-electron chi connectivity index (χ2n) is 8.21. The van der Waals surface area contributed by atoms with E-state index in [-0.39, 0.29) is 10.8 Å². The van der Waals surface area contributed by atoms with E-state index in [0.717, 1.165) is 44.7 Å². The number of aromatic nitrogens is 1. The van der Waals surface area contributed by atoms with Crippen LogP contribution in [0.2, 0.25) is 0 Å². The van der Waals surface area contributed by atoms with Crippen LogP contribution < -0.4 is 4.90 Å². The number of amides is 1. The van der Waals surface area contributed by atoms with Crippen LogP contribution in [-0.2, 0) is 4.79 Å². The molecule has 2 atom stereocenters. The van der Waals surface area contributed by atoms with Gasteiger partial charge in [0.2, 0.25) is 5.91 Å². The lowest BCUT2D eigenvalue weighted by Crippen LogP contribution is -2.53. The minimum absolute atomic E-state index is 0.117. The molecule has 3 fully saturated rings. The van der Waals surface area contributed by atoms with Crippen molar-refractivity contribution in [2.45, 2.75) is 33.1 Å². The van der Waals surface area contributed by atoms with Gasteiger partial charge in [0.15, 0.2) is 0 Å². The number of rotatable bonds is 2. The monoisotopic (exact) mass is 325 g/mol. The van der Waals surface area contributed by atoms with E-state index in [2.05, 4.69) is 41.3 Å². The number of carbonyl (C=O) groups is 1. The van der Waals surface area contributed by atoms with Crippen molar-refractivity contribution in [2.75, 3.05) is 31.1 Å². The molecule has 1 aromatic heterocycles. The molecule has 4 rings (SSSR count). The molecule has 1 amide bonds. The van der Waals surface area contributed by atoms with Crippen LogP contribution in [0.4, 0.5) is 5.69 Å². The van der Waals surface area contributed by atoms with E-state index in [9.17, 15) is 4.79 Å². The van der Waals surface area contributed by atoms with E-state index >= 15 is 0 Å². The summed E-state index contributed by atoms with van der Waals surface area (Å²) < 4.78 is 0. The van der Waals surface area contributed by atoms with Gasteiger partial charge in [-0.3, -0.25) is 9.78 Å². The number of hydrogen-bond donors (Lipinski definition) is 0. The lowest BCUT2D eigenvalue weighted by Gasteiger charge is -2.42. The molecule has 2 saturated carbocycles. The Morgan fingerprint density at radius 2 is 2.04 bits per heavy atom. The summed E-state index contributed by atoms with van der Waals surface area (Å²) in [5.74, 6) is 0.969. The summed E-state index contributed by atoms with van der Waals surface area (Å²) in [7, 11) is 0. The van der Waals surface area contributed by atoms with E-state index in [1.807, 2.05) is 12.3 Å². The van der Waals surface area contributed by atoms with Gasteiger partial charge >= 0.3 is 0 Å². The number of fused-ring (bicyclic) bond motifs is 2. The first-order valence-electron chi connectivity index (χ1n) is 9.09. The SMILES string of the molecule is C=C1C(C)(C)[C@H]2CC[C@]1(C(=O)N1CCN(c3cccnc3)CC1)C2. The molecule has 2 aliphatic carbocycles. The van der Waals surface area contributed by atoms with E-state index < -0.39 is 0 Å². The third kappa shape index (κ3) is 2.11. The molecule has 4 nitrogen and oxygen atoms in total. The fourth-order valence-electron chi connectivity index (χ4n) is 5.13. The lowest BCUT2D eigenvalue weighted by molar-refractivity contribution is -0.140. The van der Waals surface area contributed by atoms with Gasteiger partial charge in [0, 0.05) is 32.4 Å². The molecule has 0 N–H and O–H groups in total. The fraction of sp³-hybridized carbons (Fsp3) is 0.600. The molecule has 0 unspecified atom stereocenters. The van der Waals surface area contributed by atoms with Crippen LogP contribution >= 0.6 is 0 Å². The summed E-state index contributed by atoms with van der Waals surface area (Å²) in [6.45, 7) is 12.3. The molecule has 1 aliphatic heterocycles. The van der Waals surface area contributed by atoms with Crippen molar-refractivity contribution in [1.29, 1.82) is 0 Å². The zero-order valence-electron chi connectivity index (χ0n) is 14.8. The average Bonchev–Trinajstić information content (AvgIpc) is 3.14. The predicted molar refractivity (Wildman–Crippen MR) is 95.7 cm³/mol. The molecular weight excluding hydrogens is 298 g/mol. The van der Waals surface area contributed by atoms with Gasteiger partial charge < -0.3 is 9.80 Å². The number of nitrogens with zero attached hydrogens (tertiary/aromatic N) is 3. The van der Waals surface area contributed by atoms with Crippen molar-refractivity contribution >= 4 is 11.6 Å². The molecule has 2 bridgehead atoms. The Labute approximate surface area is 144 Å². The first-order valence-corrected chi connectivity index (χ1v) is 9.09. The zero-order chi connectivity index (χ0) is 16.9. The fourth-order valence-corrected chi connectivity index (χ4v) is 5.13. The van der Waals surface area contributed by atoms with Crippen LogP contribution in [0.5, 0.6) is 0 Å². The molecule has 1 saturated heterocycles. The van der Waals surface area contributed by atoms with Gasteiger partial charge in [0.1, 0.15) is 0 Å². The van der Waals surface area contributed by atoms with Crippen molar-refractivity contribution in [2.24, 2.45) is 16.7 Å². The molecule has 0 radical (unpaired) electrons. The molecule has 2 heterocycles. The van der Waals surface area contributed by atoms with Crippen LogP contribution in [0, 0.1) is 16.7 Å². The summed E-state index contributed by atoms with van der Waals surface area (Å²) in [5.41, 5.74) is 2.18. The topological polar surface area (TPSA) is 36.4 Å². The van der Waals surface area contributed by atoms with Crippen molar-refractivity contribution in [1.82, 2.24) is 9.88 Å². The molecular formula is C20H27N3O. The highest BCUT2D eigenvalue weighted by atomic mass is 16.2. The maximum absolute atomic E-state index is 13.4. The number of piperazine rings is 1. The molecule has 128 valence electrons. The van der Waals surface area contributed by atoms with E-state index in [1.165, 1.54) is 12.0 Å². The first kappa shape index (κ1) is 15.7. The average molecular weight is 325 g/mol. The first-order chi connectivity index (χ1) is 11.4. The van der Waals surface area contributed by atoms with Crippen LogP contribution in [0.15, 0.2) is 36.7 Å². The van der Waals surface area contributed by atoms with Crippen LogP contribution in [-0.4, -0.2) is 42.0 Å². The summed E-state index contributed by atoms with van der Waals surface area (Å²) in [6.07, 6.45) is 6.89. The summed E-state index contributed by atoms with van der Waals surface area (Å²) >= 11 is 0. The number of carbonyl (C=O) groups excluding carboxylic acids is 1. The Bertz CT molecular complexity index is 661. The predicted octanol–water partition coefficient (Wildman–Crippen LogP) is 3.11. The van der Waals surface area contributed by atoms with Crippen molar-refractivity contribution < 1.29 is 4.79 Å². The third-order valence-electron chi connectivity index (χ3n) is 6.88. The highest BCUT2D eigenvalue weighted by Crippen LogP contribution is 2.65. The van der Waals surface area contributed by atoms with E-state index in [4.69, 9.17) is 0 Å². The second-order valence-corrected chi connectivity index (χ2v) is 8.21. The number of hydrogen-bond acceptors (Lipinski definition) is 3. The Balaban J connectivity index is 1.47. The van der Waals surface area contributed by atoms with Gasteiger partial charge in [-0.05, 0) is 42.7 Å². The maximum atomic E-state index is 13.4. The molecule has 0 aromatic carbocycles. The van der Waals surface area contributed by atoms with Crippen LogP contribution in [0.1, 0.15) is 33.1 Å². The summed E-state index contributed by atoms with van der Waals surface area (Å²) in [5, 5.41) is 0. The van der Waals surface area contributed by atoms with E-state index in [0.29, 0.717) is 11.8 Å². The summed E-state index contributed by atoms with van der Waals surface area (Å²) in [6, 6.07) is 4.06. The molecule has 4 heteroatoms. The smallest absolute Gasteiger partial charge is 0.233 e. The normalized spacial score (nSPS) is 31.6. The number of anilines is 1. The van der Waals surface area contributed by atoms with Crippen molar-refractivity contribution in [3.63, 3.8) is 0 Å². The van der Waals surface area contributed by atoms with Gasteiger partial charge in [-0.2, -0.15) is 0 Å². The van der Waals surface area contributed by atoms with Gasteiger partial charge in [0.25, 0.3) is 0 Å². The van der Waals surface area contributed by atoms with E-state index in [1.54, 1.807) is 6.20 Å². The minimum atomic E-state index is -0.273. The second kappa shape index (κ2) is 5.33. The van der Waals surface area contributed by atoms with Crippen LogP contribution in [0.3, 0.4) is 0 Å². The third-order valence-corrected chi connectivity index (χ3v) is 6.88. The maximum Gasteiger partial charge on any atom is 0.233 e. The Kier molecular flexibility index (Phi) is 3.48. The molecule has 3 aliphatic rings. The van der Waals surface area contributed by atoms with Crippen molar-refractivity contribution in [3.8, 4) is 0 Å². The standard InChI is InChI=1S/C20H27N3O/c1-15-19(2,3)16-6-7-20(15,13-16)18(24)23-11-9-22(10-12-23)17-5-4-8-21-14-17/h4-5,8,14,16H,1,6-7,9-13H2,2-3H3/t16-,20-/m0/s1.